The number of carbonyl (C=O) groups is 1. The first kappa shape index (κ1) is 17.6. The summed E-state index contributed by atoms with van der Waals surface area (Å²) in [7, 11) is 0. The predicted octanol–water partition coefficient (Wildman–Crippen LogP) is 4.01. The number of thioether (sulfide) groups is 1. The van der Waals surface area contributed by atoms with Crippen LogP contribution in [0.5, 0.6) is 0 Å². The highest BCUT2D eigenvalue weighted by molar-refractivity contribution is 8.13. The lowest BCUT2D eigenvalue weighted by Gasteiger charge is -2.24. The third-order valence-corrected chi connectivity index (χ3v) is 3.12. The van der Waals surface area contributed by atoms with Crippen LogP contribution in [0.25, 0.3) is 0 Å². The molecule has 0 spiro atoms. The van der Waals surface area contributed by atoms with Crippen molar-refractivity contribution in [1.29, 1.82) is 0 Å². The van der Waals surface area contributed by atoms with E-state index in [9.17, 15) is 31.1 Å². The Morgan fingerprint density at radius 3 is 2.28 bits per heavy atom. The van der Waals surface area contributed by atoms with E-state index in [0.29, 0.717) is 11.8 Å². The summed E-state index contributed by atoms with van der Waals surface area (Å²) in [6.45, 7) is -0.697. The van der Waals surface area contributed by atoms with Crippen LogP contribution < -0.4 is 0 Å². The van der Waals surface area contributed by atoms with Crippen LogP contribution in [0.15, 0.2) is 0 Å². The van der Waals surface area contributed by atoms with Crippen LogP contribution in [0.1, 0.15) is 26.2 Å². The van der Waals surface area contributed by atoms with Crippen LogP contribution >= 0.6 is 11.8 Å². The molecule has 0 radical (unpaired) electrons. The lowest BCUT2D eigenvalue weighted by molar-refractivity contribution is -0.151. The van der Waals surface area contributed by atoms with Gasteiger partial charge in [-0.1, -0.05) is 18.7 Å². The van der Waals surface area contributed by atoms with Crippen molar-refractivity contribution in [3.63, 3.8) is 0 Å². The average molecular weight is 296 g/mol. The molecule has 18 heavy (non-hydrogen) atoms. The topological polar surface area (TPSA) is 17.1 Å². The first-order chi connectivity index (χ1) is 8.14. The molecule has 0 aliphatic heterocycles. The van der Waals surface area contributed by atoms with Gasteiger partial charge in [0.25, 0.3) is 11.8 Å². The van der Waals surface area contributed by atoms with Crippen molar-refractivity contribution in [2.45, 2.75) is 44.2 Å². The monoisotopic (exact) mass is 296 g/mol. The molecule has 1 unspecified atom stereocenters. The number of hydrogen-bond acceptors (Lipinski definition) is 2. The van der Waals surface area contributed by atoms with Crippen molar-refractivity contribution in [3.05, 3.63) is 0 Å². The summed E-state index contributed by atoms with van der Waals surface area (Å²) < 4.78 is 75.6. The number of carbonyl (C=O) groups excluding carboxylic acids is 1. The summed E-state index contributed by atoms with van der Waals surface area (Å²) >= 11 is 0.671. The Labute approximate surface area is 105 Å². The fourth-order valence-electron chi connectivity index (χ4n) is 1.09. The minimum atomic E-state index is -4.30. The molecule has 0 aromatic heterocycles. The zero-order valence-electron chi connectivity index (χ0n) is 9.70. The van der Waals surface area contributed by atoms with E-state index in [0.717, 1.165) is 0 Å². The van der Waals surface area contributed by atoms with Crippen molar-refractivity contribution in [2.24, 2.45) is 0 Å². The van der Waals surface area contributed by atoms with Crippen molar-refractivity contribution < 1.29 is 31.1 Å². The van der Waals surface area contributed by atoms with Gasteiger partial charge in [0.15, 0.2) is 18.0 Å². The van der Waals surface area contributed by atoms with Crippen molar-refractivity contribution in [2.75, 3.05) is 12.4 Å². The third kappa shape index (κ3) is 6.51. The van der Waals surface area contributed by atoms with Gasteiger partial charge in [-0.05, 0) is 6.42 Å². The zero-order chi connectivity index (χ0) is 14.4. The van der Waals surface area contributed by atoms with E-state index < -0.39 is 37.5 Å². The van der Waals surface area contributed by atoms with E-state index >= 15 is 0 Å². The van der Waals surface area contributed by atoms with Gasteiger partial charge in [-0.15, -0.1) is 0 Å². The van der Waals surface area contributed by atoms with Crippen molar-refractivity contribution in [1.82, 2.24) is 0 Å². The summed E-state index contributed by atoms with van der Waals surface area (Å²) in [4.78, 5) is 10.8. The Hall–Kier alpha value is -0.400. The molecule has 108 valence electrons. The van der Waals surface area contributed by atoms with Crippen LogP contribution in [0, 0.1) is 0 Å². The first-order valence-corrected chi connectivity index (χ1v) is 6.24. The highest BCUT2D eigenvalue weighted by Gasteiger charge is 2.48. The molecular formula is C10H14F6OS. The number of hydrogen-bond donors (Lipinski definition) is 0. The number of halogens is 6. The molecule has 0 aromatic rings. The molecule has 1 atom stereocenters. The maximum atomic E-state index is 13.1. The molecule has 0 aliphatic rings. The Morgan fingerprint density at radius 1 is 1.28 bits per heavy atom. The van der Waals surface area contributed by atoms with Gasteiger partial charge in [-0.3, -0.25) is 4.79 Å². The van der Waals surface area contributed by atoms with Gasteiger partial charge < -0.3 is 0 Å². The lowest BCUT2D eigenvalue weighted by Crippen LogP contribution is -2.38. The maximum Gasteiger partial charge on any atom is 0.284 e. The highest BCUT2D eigenvalue weighted by Crippen LogP contribution is 2.36. The third-order valence-electron chi connectivity index (χ3n) is 2.07. The maximum absolute atomic E-state index is 13.1. The predicted molar refractivity (Wildman–Crippen MR) is 57.8 cm³/mol. The van der Waals surface area contributed by atoms with Crippen LogP contribution in [0.4, 0.5) is 26.3 Å². The van der Waals surface area contributed by atoms with Crippen molar-refractivity contribution in [3.8, 4) is 0 Å². The van der Waals surface area contributed by atoms with Crippen LogP contribution in [-0.2, 0) is 4.79 Å². The Bertz CT molecular complexity index is 271. The van der Waals surface area contributed by atoms with Crippen LogP contribution in [0.2, 0.25) is 0 Å². The summed E-state index contributed by atoms with van der Waals surface area (Å²) in [5, 5.41) is -0.292. The minimum Gasteiger partial charge on any atom is -0.287 e. The Kier molecular flexibility index (Phi) is 7.09. The van der Waals surface area contributed by atoms with Gasteiger partial charge in [-0.2, -0.15) is 0 Å². The molecule has 0 aliphatic carbocycles. The zero-order valence-corrected chi connectivity index (χ0v) is 10.5. The molecule has 0 saturated heterocycles. The van der Waals surface area contributed by atoms with Crippen molar-refractivity contribution >= 4 is 16.9 Å². The van der Waals surface area contributed by atoms with Gasteiger partial charge in [0.1, 0.15) is 0 Å². The molecule has 1 nitrogen and oxygen atoms in total. The highest BCUT2D eigenvalue weighted by atomic mass is 32.2. The summed E-state index contributed by atoms with van der Waals surface area (Å²) in [5.74, 6) is -8.75. The van der Waals surface area contributed by atoms with Crippen LogP contribution in [-0.4, -0.2) is 35.6 Å². The van der Waals surface area contributed by atoms with E-state index in [4.69, 9.17) is 0 Å². The van der Waals surface area contributed by atoms with Gasteiger partial charge in [-0.25, -0.2) is 26.3 Å². The quantitative estimate of drug-likeness (QED) is 0.629. The first-order valence-electron chi connectivity index (χ1n) is 5.26. The summed E-state index contributed by atoms with van der Waals surface area (Å²) in [6, 6.07) is 0. The SMILES string of the molecule is CCC(=O)SCCC(F)C(F)(F)CC(F)(F)CF. The number of alkyl halides is 6. The largest absolute Gasteiger partial charge is 0.287 e. The average Bonchev–Trinajstić information content (AvgIpc) is 2.27. The molecule has 0 fully saturated rings. The second-order valence-corrected chi connectivity index (χ2v) is 4.91. The van der Waals surface area contributed by atoms with Gasteiger partial charge in [0, 0.05) is 12.2 Å². The van der Waals surface area contributed by atoms with E-state index in [1.165, 1.54) is 0 Å². The molecule has 0 aromatic carbocycles. The molecule has 0 N–H and O–H groups in total. The van der Waals surface area contributed by atoms with Crippen LogP contribution in [0.3, 0.4) is 0 Å². The molecule has 0 rings (SSSR count). The van der Waals surface area contributed by atoms with Gasteiger partial charge in [0.2, 0.25) is 0 Å². The minimum absolute atomic E-state index is 0.179. The molecule has 0 saturated carbocycles. The Balaban J connectivity index is 4.22. The molecule has 8 heteroatoms. The molecule has 0 bridgehead atoms. The smallest absolute Gasteiger partial charge is 0.284 e. The second kappa shape index (κ2) is 7.25. The fraction of sp³-hybridized carbons (Fsp3) is 0.900. The van der Waals surface area contributed by atoms with Gasteiger partial charge >= 0.3 is 0 Å². The standard InChI is InChI=1S/C10H14F6OS/c1-2-8(17)18-4-3-7(12)10(15,16)5-9(13,14)6-11/h7H,2-6H2,1H3. The molecule has 0 amide bonds. The molecular weight excluding hydrogens is 282 g/mol. The second-order valence-electron chi connectivity index (χ2n) is 3.76. The van der Waals surface area contributed by atoms with Gasteiger partial charge in [0.05, 0.1) is 6.42 Å². The Morgan fingerprint density at radius 2 is 1.83 bits per heavy atom. The van der Waals surface area contributed by atoms with E-state index in [2.05, 4.69) is 0 Å². The summed E-state index contributed by atoms with van der Waals surface area (Å²) in [5.41, 5.74) is 0. The lowest BCUT2D eigenvalue weighted by atomic mass is 10.0. The van der Waals surface area contributed by atoms with E-state index in [-0.39, 0.29) is 17.3 Å². The van der Waals surface area contributed by atoms with E-state index in [1.54, 1.807) is 6.92 Å². The molecule has 0 heterocycles. The normalized spacial score (nSPS) is 14.6. The fourth-order valence-corrected chi connectivity index (χ4v) is 1.85. The summed E-state index contributed by atoms with van der Waals surface area (Å²) in [6.07, 6.45) is -5.53. The number of rotatable bonds is 8. The van der Waals surface area contributed by atoms with E-state index in [1.807, 2.05) is 0 Å².